The van der Waals surface area contributed by atoms with Crippen LogP contribution in [-0.2, 0) is 9.53 Å². The van der Waals surface area contributed by atoms with E-state index in [1.165, 1.54) is 12.8 Å². The van der Waals surface area contributed by atoms with Crippen molar-refractivity contribution in [1.29, 1.82) is 0 Å². The fraction of sp³-hybridized carbons (Fsp3) is 0.750. The average molecular weight is 202 g/mol. The van der Waals surface area contributed by atoms with Gasteiger partial charge in [-0.2, -0.15) is 16.6 Å². The van der Waals surface area contributed by atoms with Crippen LogP contribution >= 0.6 is 11.8 Å². The van der Waals surface area contributed by atoms with Crippen molar-refractivity contribution < 1.29 is 14.3 Å². The Balaban J connectivity index is 3.16. The summed E-state index contributed by atoms with van der Waals surface area (Å²) < 4.78 is 4.69. The Morgan fingerprint density at radius 1 is 1.62 bits per heavy atom. The molecule has 0 fully saturated rings. The number of esters is 1. The molecule has 0 aliphatic heterocycles. The smallest absolute Gasteiger partial charge is 0.413 e. The summed E-state index contributed by atoms with van der Waals surface area (Å²) in [5, 5.41) is 0. The van der Waals surface area contributed by atoms with Gasteiger partial charge in [-0.05, 0) is 12.2 Å². The van der Waals surface area contributed by atoms with Crippen LogP contribution in [0.5, 0.6) is 0 Å². The van der Waals surface area contributed by atoms with Gasteiger partial charge >= 0.3 is 12.2 Å². The molecule has 0 radical (unpaired) electrons. The third kappa shape index (κ3) is 9.11. The molecular formula is C8H14N2O2S. The lowest BCUT2D eigenvalue weighted by molar-refractivity contribution is -0.138. The first-order chi connectivity index (χ1) is 6.31. The predicted molar refractivity (Wildman–Crippen MR) is 52.9 cm³/mol. The summed E-state index contributed by atoms with van der Waals surface area (Å²) in [4.78, 5) is 13.1. The summed E-state index contributed by atoms with van der Waals surface area (Å²) in [5.74, 6) is 1.30. The van der Waals surface area contributed by atoms with E-state index >= 15 is 0 Å². The molecule has 0 aliphatic carbocycles. The molecule has 5 heteroatoms. The lowest BCUT2D eigenvalue weighted by Crippen LogP contribution is -2.08. The Bertz CT molecular complexity index is 191. The lowest BCUT2D eigenvalue weighted by Gasteiger charge is -1.99. The largest absolute Gasteiger partial charge is 0.456 e. The second kappa shape index (κ2) is 9.29. The third-order valence-electron chi connectivity index (χ3n) is 1.28. The van der Waals surface area contributed by atoms with E-state index in [9.17, 15) is 4.79 Å². The summed E-state index contributed by atoms with van der Waals surface area (Å²) in [6.45, 7) is 2.51. The van der Waals surface area contributed by atoms with Crippen molar-refractivity contribution in [3.8, 4) is 0 Å². The van der Waals surface area contributed by atoms with Crippen molar-refractivity contribution in [2.24, 2.45) is 0 Å². The third-order valence-corrected chi connectivity index (χ3v) is 2.31. The van der Waals surface area contributed by atoms with Crippen LogP contribution in [0.4, 0.5) is 0 Å². The standard InChI is InChI=1S/C8H14N2O2S/c1-2-3-5-13-6-4-12-8(11)7-10-9/h7H,2-6H2,1H3. The zero-order valence-electron chi connectivity index (χ0n) is 7.73. The molecular weight excluding hydrogens is 188 g/mol. The highest BCUT2D eigenvalue weighted by Crippen LogP contribution is 2.03. The van der Waals surface area contributed by atoms with Gasteiger partial charge in [0.1, 0.15) is 6.61 Å². The van der Waals surface area contributed by atoms with Crippen molar-refractivity contribution in [3.63, 3.8) is 0 Å². The normalized spacial score (nSPS) is 9.00. The van der Waals surface area contributed by atoms with Gasteiger partial charge in [0.2, 0.25) is 0 Å². The van der Waals surface area contributed by atoms with E-state index in [0.29, 0.717) is 6.61 Å². The van der Waals surface area contributed by atoms with Crippen LogP contribution in [0, 0.1) is 0 Å². The first-order valence-corrected chi connectivity index (χ1v) is 5.38. The average Bonchev–Trinajstić information content (AvgIpc) is 2.11. The van der Waals surface area contributed by atoms with Crippen molar-refractivity contribution >= 4 is 23.9 Å². The summed E-state index contributed by atoms with van der Waals surface area (Å²) in [7, 11) is 0. The molecule has 0 rings (SSSR count). The maximum atomic E-state index is 10.6. The Labute approximate surface area is 82.3 Å². The van der Waals surface area contributed by atoms with E-state index in [-0.39, 0.29) is 0 Å². The number of ether oxygens (including phenoxy) is 1. The van der Waals surface area contributed by atoms with Gasteiger partial charge in [0.15, 0.2) is 0 Å². The zero-order chi connectivity index (χ0) is 9.94. The van der Waals surface area contributed by atoms with E-state index in [4.69, 9.17) is 10.3 Å². The fourth-order valence-electron chi connectivity index (χ4n) is 0.634. The minimum Gasteiger partial charge on any atom is -0.456 e. The molecule has 0 unspecified atom stereocenters. The van der Waals surface area contributed by atoms with E-state index in [1.54, 1.807) is 11.8 Å². The number of nitrogens with zero attached hydrogens (tertiary/aromatic N) is 2. The topological polar surface area (TPSA) is 62.7 Å². The molecule has 0 aromatic heterocycles. The molecule has 0 aromatic carbocycles. The summed E-state index contributed by atoms with van der Waals surface area (Å²) >= 11 is 1.75. The summed E-state index contributed by atoms with van der Waals surface area (Å²) in [6.07, 6.45) is 3.12. The van der Waals surface area contributed by atoms with Crippen LogP contribution in [-0.4, -0.2) is 35.1 Å². The number of unbranched alkanes of at least 4 members (excludes halogenated alkanes) is 1. The molecule has 0 bridgehead atoms. The van der Waals surface area contributed by atoms with Gasteiger partial charge in [0.25, 0.3) is 0 Å². The van der Waals surface area contributed by atoms with E-state index in [0.717, 1.165) is 17.7 Å². The second-order valence-electron chi connectivity index (χ2n) is 2.38. The quantitative estimate of drug-likeness (QED) is 0.206. The number of thioether (sulfide) groups is 1. The SMILES string of the molecule is CCCCSCCOC(=O)C=[N+]=[N-]. The maximum Gasteiger partial charge on any atom is 0.413 e. The second-order valence-corrected chi connectivity index (χ2v) is 3.60. The summed E-state index contributed by atoms with van der Waals surface area (Å²) in [5.41, 5.74) is 7.97. The Hall–Kier alpha value is -0.800. The van der Waals surface area contributed by atoms with E-state index in [1.807, 2.05) is 0 Å². The first-order valence-electron chi connectivity index (χ1n) is 4.23. The van der Waals surface area contributed by atoms with Crippen molar-refractivity contribution in [2.45, 2.75) is 19.8 Å². The van der Waals surface area contributed by atoms with Gasteiger partial charge in [0.05, 0.1) is 0 Å². The lowest BCUT2D eigenvalue weighted by atomic mass is 10.4. The molecule has 0 saturated heterocycles. The highest BCUT2D eigenvalue weighted by molar-refractivity contribution is 7.99. The predicted octanol–water partition coefficient (Wildman–Crippen LogP) is 1.36. The van der Waals surface area contributed by atoms with Crippen molar-refractivity contribution in [2.75, 3.05) is 18.1 Å². The van der Waals surface area contributed by atoms with Crippen LogP contribution in [0.15, 0.2) is 0 Å². The molecule has 0 amide bonds. The Morgan fingerprint density at radius 2 is 2.38 bits per heavy atom. The van der Waals surface area contributed by atoms with Crippen molar-refractivity contribution in [1.82, 2.24) is 0 Å². The van der Waals surface area contributed by atoms with Gasteiger partial charge in [-0.15, -0.1) is 0 Å². The van der Waals surface area contributed by atoms with Crippen LogP contribution in [0.2, 0.25) is 0 Å². The van der Waals surface area contributed by atoms with Gasteiger partial charge in [0, 0.05) is 5.75 Å². The Morgan fingerprint density at radius 3 is 3.00 bits per heavy atom. The van der Waals surface area contributed by atoms with Crippen molar-refractivity contribution in [3.05, 3.63) is 5.53 Å². The molecule has 4 nitrogen and oxygen atoms in total. The molecule has 0 heterocycles. The van der Waals surface area contributed by atoms with Gasteiger partial charge < -0.3 is 10.3 Å². The molecule has 74 valence electrons. The molecule has 0 atom stereocenters. The molecule has 0 aliphatic rings. The summed E-state index contributed by atoms with van der Waals surface area (Å²) in [6, 6.07) is 0. The highest BCUT2D eigenvalue weighted by Gasteiger charge is 2.01. The number of hydrogen-bond donors (Lipinski definition) is 0. The number of hydrogen-bond acceptors (Lipinski definition) is 3. The Kier molecular flexibility index (Phi) is 8.72. The van der Waals surface area contributed by atoms with Gasteiger partial charge in [-0.25, -0.2) is 4.79 Å². The van der Waals surface area contributed by atoms with Gasteiger partial charge in [-0.1, -0.05) is 13.3 Å². The minimum absolute atomic E-state index is 0.374. The number of carbonyl (C=O) groups excluding carboxylic acids is 1. The molecule has 0 spiro atoms. The molecule has 0 saturated carbocycles. The van der Waals surface area contributed by atoms with Gasteiger partial charge in [-0.3, -0.25) is 0 Å². The molecule has 0 N–H and O–H groups in total. The van der Waals surface area contributed by atoms with Crippen LogP contribution in [0.1, 0.15) is 19.8 Å². The number of carbonyl (C=O) groups is 1. The first kappa shape index (κ1) is 12.2. The van der Waals surface area contributed by atoms with Crippen LogP contribution in [0.25, 0.3) is 5.53 Å². The molecule has 0 aromatic rings. The molecule has 13 heavy (non-hydrogen) atoms. The van der Waals surface area contributed by atoms with Crippen LogP contribution < -0.4 is 0 Å². The minimum atomic E-state index is -0.599. The zero-order valence-corrected chi connectivity index (χ0v) is 8.55. The highest BCUT2D eigenvalue weighted by atomic mass is 32.2. The fourth-order valence-corrected chi connectivity index (χ4v) is 1.53. The van der Waals surface area contributed by atoms with Crippen LogP contribution in [0.3, 0.4) is 0 Å². The number of rotatable bonds is 7. The van der Waals surface area contributed by atoms with E-state index < -0.39 is 5.97 Å². The van der Waals surface area contributed by atoms with E-state index in [2.05, 4.69) is 11.7 Å². The maximum absolute atomic E-state index is 10.6. The monoisotopic (exact) mass is 202 g/mol.